The summed E-state index contributed by atoms with van der Waals surface area (Å²) in [6.45, 7) is 0. The topological polar surface area (TPSA) is 49.9 Å². The molecule has 0 atom stereocenters. The lowest BCUT2D eigenvalue weighted by atomic mass is 10.2. The van der Waals surface area contributed by atoms with Crippen LogP contribution >= 0.6 is 0 Å². The van der Waals surface area contributed by atoms with Crippen LogP contribution in [0.5, 0.6) is 0 Å². The predicted octanol–water partition coefficient (Wildman–Crippen LogP) is 1.54. The molecule has 0 saturated carbocycles. The molecule has 58 valence electrons. The highest BCUT2D eigenvalue weighted by atomic mass is 19.2. The lowest BCUT2D eigenvalue weighted by molar-refractivity contribution is 0.512. The van der Waals surface area contributed by atoms with E-state index in [9.17, 15) is 8.78 Å². The molecular formula is C7H6F2N2. The molecule has 1 aromatic rings. The first-order valence-corrected chi connectivity index (χ1v) is 2.90. The quantitative estimate of drug-likeness (QED) is 0.470. The van der Waals surface area contributed by atoms with Gasteiger partial charge >= 0.3 is 0 Å². The molecule has 0 bridgehead atoms. The number of halogens is 2. The van der Waals surface area contributed by atoms with Gasteiger partial charge in [-0.15, -0.1) is 0 Å². The molecule has 1 aromatic carbocycles. The van der Waals surface area contributed by atoms with Gasteiger partial charge in [0.05, 0.1) is 5.69 Å². The highest BCUT2D eigenvalue weighted by Gasteiger charge is 2.07. The van der Waals surface area contributed by atoms with Gasteiger partial charge in [0.15, 0.2) is 11.6 Å². The van der Waals surface area contributed by atoms with Gasteiger partial charge in [-0.1, -0.05) is 0 Å². The van der Waals surface area contributed by atoms with Crippen LogP contribution < -0.4 is 5.73 Å². The van der Waals surface area contributed by atoms with Gasteiger partial charge in [0.25, 0.3) is 0 Å². The maximum absolute atomic E-state index is 12.6. The van der Waals surface area contributed by atoms with Crippen LogP contribution in [0.25, 0.3) is 0 Å². The molecule has 0 aliphatic carbocycles. The van der Waals surface area contributed by atoms with Crippen molar-refractivity contribution in [3.63, 3.8) is 0 Å². The highest BCUT2D eigenvalue weighted by molar-refractivity contribution is 5.84. The van der Waals surface area contributed by atoms with Crippen molar-refractivity contribution in [3.8, 4) is 0 Å². The van der Waals surface area contributed by atoms with Gasteiger partial charge in [0.2, 0.25) is 0 Å². The Balaban J connectivity index is 3.36. The largest absolute Gasteiger partial charge is 0.396 e. The van der Waals surface area contributed by atoms with Gasteiger partial charge in [-0.2, -0.15) is 0 Å². The van der Waals surface area contributed by atoms with E-state index in [-0.39, 0.29) is 11.3 Å². The predicted molar refractivity (Wildman–Crippen MR) is 38.7 cm³/mol. The standard InChI is InChI=1S/C7H6F2N2/c8-5-2-1-4(3-10)7(11)6(5)9/h1-3,10H,11H2. The Bertz CT molecular complexity index is 297. The zero-order valence-electron chi connectivity index (χ0n) is 5.57. The molecular weight excluding hydrogens is 150 g/mol. The summed E-state index contributed by atoms with van der Waals surface area (Å²) in [6, 6.07) is 2.19. The second-order valence-corrected chi connectivity index (χ2v) is 2.01. The molecule has 3 N–H and O–H groups in total. The minimum atomic E-state index is -1.09. The summed E-state index contributed by atoms with van der Waals surface area (Å²) in [5.74, 6) is -2.08. The monoisotopic (exact) mass is 156 g/mol. The fourth-order valence-corrected chi connectivity index (χ4v) is 0.707. The Hall–Kier alpha value is -1.45. The van der Waals surface area contributed by atoms with E-state index in [0.29, 0.717) is 0 Å². The van der Waals surface area contributed by atoms with Crippen LogP contribution in [0.4, 0.5) is 14.5 Å². The Morgan fingerprint density at radius 2 is 2.00 bits per heavy atom. The fraction of sp³-hybridized carbons (Fsp3) is 0. The van der Waals surface area contributed by atoms with Crippen molar-refractivity contribution in [2.24, 2.45) is 0 Å². The van der Waals surface area contributed by atoms with Crippen LogP contribution in [0.15, 0.2) is 12.1 Å². The molecule has 0 aromatic heterocycles. The molecule has 0 unspecified atom stereocenters. The Labute approximate surface area is 62.2 Å². The molecule has 0 aliphatic rings. The summed E-state index contributed by atoms with van der Waals surface area (Å²) in [7, 11) is 0. The number of nitrogens with two attached hydrogens (primary N) is 1. The third kappa shape index (κ3) is 1.19. The van der Waals surface area contributed by atoms with Crippen LogP contribution in [-0.4, -0.2) is 6.21 Å². The van der Waals surface area contributed by atoms with Crippen LogP contribution in [-0.2, 0) is 0 Å². The minimum Gasteiger partial charge on any atom is -0.396 e. The van der Waals surface area contributed by atoms with Crippen molar-refractivity contribution in [1.82, 2.24) is 0 Å². The second kappa shape index (κ2) is 2.65. The van der Waals surface area contributed by atoms with Crippen molar-refractivity contribution in [3.05, 3.63) is 29.3 Å². The lowest BCUT2D eigenvalue weighted by Gasteiger charge is -2.00. The minimum absolute atomic E-state index is 0.184. The van der Waals surface area contributed by atoms with Crippen LogP contribution in [0, 0.1) is 17.0 Å². The van der Waals surface area contributed by atoms with E-state index in [1.54, 1.807) is 0 Å². The zero-order valence-corrected chi connectivity index (χ0v) is 5.57. The first-order valence-electron chi connectivity index (χ1n) is 2.90. The Kier molecular flexibility index (Phi) is 1.85. The van der Waals surface area contributed by atoms with Gasteiger partial charge in [-0.25, -0.2) is 8.78 Å². The maximum Gasteiger partial charge on any atom is 0.182 e. The number of benzene rings is 1. The Morgan fingerprint density at radius 3 is 2.55 bits per heavy atom. The van der Waals surface area contributed by atoms with E-state index in [1.165, 1.54) is 6.07 Å². The Morgan fingerprint density at radius 1 is 1.36 bits per heavy atom. The zero-order chi connectivity index (χ0) is 8.43. The number of hydrogen-bond acceptors (Lipinski definition) is 2. The van der Waals surface area contributed by atoms with Gasteiger partial charge in [0.1, 0.15) is 0 Å². The molecule has 1 rings (SSSR count). The third-order valence-electron chi connectivity index (χ3n) is 1.32. The molecule has 0 heterocycles. The van der Waals surface area contributed by atoms with Crippen LogP contribution in [0.1, 0.15) is 5.56 Å². The molecule has 0 aliphatic heterocycles. The van der Waals surface area contributed by atoms with Crippen LogP contribution in [0.3, 0.4) is 0 Å². The molecule has 11 heavy (non-hydrogen) atoms. The number of rotatable bonds is 1. The number of nitrogen functional groups attached to an aromatic ring is 1. The first kappa shape index (κ1) is 7.65. The normalized spacial score (nSPS) is 9.64. The summed E-state index contributed by atoms with van der Waals surface area (Å²) in [4.78, 5) is 0. The summed E-state index contributed by atoms with van der Waals surface area (Å²) in [5, 5.41) is 6.76. The third-order valence-corrected chi connectivity index (χ3v) is 1.32. The lowest BCUT2D eigenvalue weighted by Crippen LogP contribution is -1.99. The van der Waals surface area contributed by atoms with Crippen molar-refractivity contribution < 1.29 is 8.78 Å². The second-order valence-electron chi connectivity index (χ2n) is 2.01. The molecule has 0 spiro atoms. The maximum atomic E-state index is 12.6. The van der Waals surface area contributed by atoms with E-state index in [4.69, 9.17) is 11.1 Å². The van der Waals surface area contributed by atoms with Gasteiger partial charge in [-0.3, -0.25) is 0 Å². The number of anilines is 1. The molecule has 4 heteroatoms. The molecule has 0 saturated heterocycles. The summed E-state index contributed by atoms with van der Waals surface area (Å²) in [6.07, 6.45) is 0.873. The van der Waals surface area contributed by atoms with E-state index < -0.39 is 11.6 Å². The highest BCUT2D eigenvalue weighted by Crippen LogP contribution is 2.16. The molecule has 2 nitrogen and oxygen atoms in total. The van der Waals surface area contributed by atoms with Crippen molar-refractivity contribution in [2.75, 3.05) is 5.73 Å². The fourth-order valence-electron chi connectivity index (χ4n) is 0.707. The summed E-state index contributed by atoms with van der Waals surface area (Å²) >= 11 is 0. The average molecular weight is 156 g/mol. The van der Waals surface area contributed by atoms with Gasteiger partial charge in [-0.05, 0) is 12.1 Å². The summed E-state index contributed by atoms with van der Waals surface area (Å²) < 4.78 is 24.9. The summed E-state index contributed by atoms with van der Waals surface area (Å²) in [5.41, 5.74) is 4.99. The van der Waals surface area contributed by atoms with E-state index >= 15 is 0 Å². The molecule has 0 amide bonds. The van der Waals surface area contributed by atoms with E-state index in [2.05, 4.69) is 0 Å². The average Bonchev–Trinajstić information content (AvgIpc) is 2.01. The molecule has 0 radical (unpaired) electrons. The van der Waals surface area contributed by atoms with Crippen molar-refractivity contribution in [2.45, 2.75) is 0 Å². The smallest absolute Gasteiger partial charge is 0.182 e. The van der Waals surface area contributed by atoms with E-state index in [1.807, 2.05) is 0 Å². The number of nitrogens with one attached hydrogen (secondary N) is 1. The SMILES string of the molecule is N=Cc1ccc(F)c(F)c1N. The number of hydrogen-bond donors (Lipinski definition) is 2. The van der Waals surface area contributed by atoms with Crippen molar-refractivity contribution >= 4 is 11.9 Å². The van der Waals surface area contributed by atoms with Gasteiger partial charge in [0, 0.05) is 11.8 Å². The first-order chi connectivity index (χ1) is 5.16. The molecule has 0 fully saturated rings. The van der Waals surface area contributed by atoms with E-state index in [0.717, 1.165) is 12.3 Å². The van der Waals surface area contributed by atoms with Gasteiger partial charge < -0.3 is 11.1 Å². The van der Waals surface area contributed by atoms with Crippen molar-refractivity contribution in [1.29, 1.82) is 5.41 Å². The van der Waals surface area contributed by atoms with Crippen LogP contribution in [0.2, 0.25) is 0 Å².